The van der Waals surface area contributed by atoms with E-state index in [4.69, 9.17) is 4.74 Å². The van der Waals surface area contributed by atoms with E-state index >= 15 is 0 Å². The lowest BCUT2D eigenvalue weighted by Crippen LogP contribution is -1.99. The molecule has 1 aromatic heterocycles. The summed E-state index contributed by atoms with van der Waals surface area (Å²) in [6, 6.07) is 12.6. The first kappa shape index (κ1) is 12.6. The minimum Gasteiger partial charge on any atom is -0.478 e. The molecule has 0 saturated carbocycles. The van der Waals surface area contributed by atoms with Crippen LogP contribution < -0.4 is 4.74 Å². The zero-order valence-electron chi connectivity index (χ0n) is 10.7. The van der Waals surface area contributed by atoms with Gasteiger partial charge in [-0.05, 0) is 36.8 Å². The Labute approximate surface area is 119 Å². The highest BCUT2D eigenvalue weighted by Gasteiger charge is 2.14. The second kappa shape index (κ2) is 4.94. The van der Waals surface area contributed by atoms with Crippen molar-refractivity contribution in [1.82, 2.24) is 4.37 Å². The zero-order valence-corrected chi connectivity index (χ0v) is 11.5. The summed E-state index contributed by atoms with van der Waals surface area (Å²) in [7, 11) is 0. The fourth-order valence-electron chi connectivity index (χ4n) is 1.93. The molecule has 0 fully saturated rings. The predicted molar refractivity (Wildman–Crippen MR) is 77.8 cm³/mol. The van der Waals surface area contributed by atoms with Gasteiger partial charge in [-0.2, -0.15) is 4.37 Å². The van der Waals surface area contributed by atoms with Gasteiger partial charge in [0.15, 0.2) is 0 Å². The highest BCUT2D eigenvalue weighted by molar-refractivity contribution is 7.09. The van der Waals surface area contributed by atoms with Crippen LogP contribution in [-0.4, -0.2) is 15.4 Å². The summed E-state index contributed by atoms with van der Waals surface area (Å²) in [6.07, 6.45) is 0. The Hall–Kier alpha value is -2.40. The first-order chi connectivity index (χ1) is 9.65. The molecular weight excluding hydrogens is 274 g/mol. The van der Waals surface area contributed by atoms with E-state index in [-0.39, 0.29) is 5.56 Å². The molecule has 0 amide bonds. The van der Waals surface area contributed by atoms with Gasteiger partial charge in [-0.25, -0.2) is 4.79 Å². The molecule has 0 saturated heterocycles. The molecule has 0 bridgehead atoms. The molecule has 1 heterocycles. The number of carboxylic acids is 1. The van der Waals surface area contributed by atoms with Crippen LogP contribution in [0.5, 0.6) is 10.8 Å². The molecule has 3 aromatic rings. The Bertz CT molecular complexity index is 795. The number of hydrogen-bond donors (Lipinski definition) is 1. The number of carbonyl (C=O) groups is 1. The highest BCUT2D eigenvalue weighted by atomic mass is 32.1. The van der Waals surface area contributed by atoms with Crippen LogP contribution in [-0.2, 0) is 0 Å². The maximum Gasteiger partial charge on any atom is 0.339 e. The van der Waals surface area contributed by atoms with Crippen molar-refractivity contribution in [1.29, 1.82) is 0 Å². The number of fused-ring (bicyclic) bond motifs is 1. The Morgan fingerprint density at radius 1 is 1.25 bits per heavy atom. The van der Waals surface area contributed by atoms with Gasteiger partial charge >= 0.3 is 5.97 Å². The van der Waals surface area contributed by atoms with E-state index in [0.717, 1.165) is 16.5 Å². The average molecular weight is 285 g/mol. The average Bonchev–Trinajstić information content (AvgIpc) is 2.82. The summed E-state index contributed by atoms with van der Waals surface area (Å²) < 4.78 is 10.1. The van der Waals surface area contributed by atoms with Crippen molar-refractivity contribution < 1.29 is 14.6 Å². The Morgan fingerprint density at radius 2 is 2.05 bits per heavy atom. The van der Waals surface area contributed by atoms with Crippen LogP contribution in [0.2, 0.25) is 0 Å². The van der Waals surface area contributed by atoms with E-state index < -0.39 is 5.97 Å². The molecule has 0 unspecified atom stereocenters. The fourth-order valence-corrected chi connectivity index (χ4v) is 2.67. The van der Waals surface area contributed by atoms with Gasteiger partial charge in [0.2, 0.25) is 5.06 Å². The number of benzene rings is 2. The monoisotopic (exact) mass is 285 g/mol. The van der Waals surface area contributed by atoms with Gasteiger partial charge in [0.05, 0.1) is 10.9 Å². The third kappa shape index (κ3) is 2.23. The van der Waals surface area contributed by atoms with Crippen LogP contribution in [0.1, 0.15) is 15.9 Å². The molecule has 3 rings (SSSR count). The smallest absolute Gasteiger partial charge is 0.339 e. The largest absolute Gasteiger partial charge is 0.478 e. The minimum absolute atomic E-state index is 0.146. The summed E-state index contributed by atoms with van der Waals surface area (Å²) >= 11 is 1.22. The topological polar surface area (TPSA) is 59.4 Å². The van der Waals surface area contributed by atoms with Gasteiger partial charge in [-0.15, -0.1) is 0 Å². The molecule has 0 radical (unpaired) electrons. The van der Waals surface area contributed by atoms with Crippen LogP contribution in [0.3, 0.4) is 0 Å². The van der Waals surface area contributed by atoms with Crippen molar-refractivity contribution in [2.45, 2.75) is 6.92 Å². The van der Waals surface area contributed by atoms with Crippen molar-refractivity contribution >= 4 is 28.4 Å². The molecule has 0 aliphatic heterocycles. The Morgan fingerprint density at radius 3 is 2.85 bits per heavy atom. The number of nitrogens with zero attached hydrogens (tertiary/aromatic N) is 1. The number of ether oxygens (including phenoxy) is 1. The molecule has 20 heavy (non-hydrogen) atoms. The second-order valence-electron chi connectivity index (χ2n) is 4.39. The molecular formula is C15H11NO3S. The number of aryl methyl sites for hydroxylation is 1. The number of aromatic carboxylic acids is 1. The molecule has 0 atom stereocenters. The number of aromatic nitrogens is 1. The molecule has 4 nitrogen and oxygen atoms in total. The second-order valence-corrected chi connectivity index (χ2v) is 5.13. The summed E-state index contributed by atoms with van der Waals surface area (Å²) in [6.45, 7) is 1.89. The standard InChI is InChI=1S/C15H11NO3S/c1-9-6-7-11(14(17)18)13(8-9)19-15-10-4-2-3-5-12(10)16-20-15/h2-8H,1H3,(H,17,18). The molecule has 0 aliphatic carbocycles. The quantitative estimate of drug-likeness (QED) is 0.787. The predicted octanol–water partition coefficient (Wildman–Crippen LogP) is 4.10. The van der Waals surface area contributed by atoms with Gasteiger partial charge in [-0.1, -0.05) is 18.2 Å². The van der Waals surface area contributed by atoms with E-state index in [1.54, 1.807) is 18.2 Å². The van der Waals surface area contributed by atoms with E-state index in [9.17, 15) is 9.90 Å². The van der Waals surface area contributed by atoms with Crippen LogP contribution in [0.25, 0.3) is 10.9 Å². The van der Waals surface area contributed by atoms with Crippen molar-refractivity contribution in [3.05, 3.63) is 53.6 Å². The van der Waals surface area contributed by atoms with E-state index in [0.29, 0.717) is 10.8 Å². The van der Waals surface area contributed by atoms with E-state index in [2.05, 4.69) is 4.37 Å². The third-order valence-electron chi connectivity index (χ3n) is 2.92. The first-order valence-corrected chi connectivity index (χ1v) is 6.79. The molecule has 0 spiro atoms. The van der Waals surface area contributed by atoms with Crippen LogP contribution in [0.15, 0.2) is 42.5 Å². The lowest BCUT2D eigenvalue weighted by atomic mass is 10.1. The lowest BCUT2D eigenvalue weighted by Gasteiger charge is -2.07. The number of rotatable bonds is 3. The van der Waals surface area contributed by atoms with Crippen LogP contribution in [0.4, 0.5) is 0 Å². The van der Waals surface area contributed by atoms with E-state index in [1.165, 1.54) is 11.5 Å². The minimum atomic E-state index is -1.01. The van der Waals surface area contributed by atoms with Gasteiger partial charge in [0.25, 0.3) is 0 Å². The Balaban J connectivity index is 2.07. The molecule has 1 N–H and O–H groups in total. The summed E-state index contributed by atoms with van der Waals surface area (Å²) in [5.74, 6) is -0.666. The van der Waals surface area contributed by atoms with Gasteiger partial charge in [0, 0.05) is 11.5 Å². The molecule has 2 aromatic carbocycles. The fraction of sp³-hybridized carbons (Fsp3) is 0.0667. The van der Waals surface area contributed by atoms with Crippen LogP contribution in [0, 0.1) is 6.92 Å². The third-order valence-corrected chi connectivity index (χ3v) is 3.68. The van der Waals surface area contributed by atoms with Crippen molar-refractivity contribution in [3.63, 3.8) is 0 Å². The SMILES string of the molecule is Cc1ccc(C(=O)O)c(Oc2snc3ccccc23)c1. The number of carboxylic acid groups (broad SMARTS) is 1. The molecule has 0 aliphatic rings. The van der Waals surface area contributed by atoms with E-state index in [1.807, 2.05) is 31.2 Å². The maximum atomic E-state index is 11.2. The van der Waals surface area contributed by atoms with Crippen molar-refractivity contribution in [2.75, 3.05) is 0 Å². The van der Waals surface area contributed by atoms with Crippen molar-refractivity contribution in [3.8, 4) is 10.8 Å². The number of hydrogen-bond acceptors (Lipinski definition) is 4. The van der Waals surface area contributed by atoms with Gasteiger partial charge in [0.1, 0.15) is 11.3 Å². The molecule has 5 heteroatoms. The normalized spacial score (nSPS) is 10.7. The summed E-state index contributed by atoms with van der Waals surface area (Å²) in [5, 5.41) is 10.7. The summed E-state index contributed by atoms with van der Waals surface area (Å²) in [5.41, 5.74) is 1.93. The Kier molecular flexibility index (Phi) is 3.12. The molecule has 100 valence electrons. The first-order valence-electron chi connectivity index (χ1n) is 6.01. The van der Waals surface area contributed by atoms with Crippen LogP contribution >= 0.6 is 11.5 Å². The maximum absolute atomic E-state index is 11.2. The van der Waals surface area contributed by atoms with Gasteiger partial charge < -0.3 is 9.84 Å². The zero-order chi connectivity index (χ0) is 14.1. The summed E-state index contributed by atoms with van der Waals surface area (Å²) in [4.78, 5) is 11.2. The lowest BCUT2D eigenvalue weighted by molar-refractivity contribution is 0.0694. The highest BCUT2D eigenvalue weighted by Crippen LogP contribution is 2.35. The van der Waals surface area contributed by atoms with Gasteiger partial charge in [-0.3, -0.25) is 0 Å². The van der Waals surface area contributed by atoms with Crippen molar-refractivity contribution in [2.24, 2.45) is 0 Å².